The molecule has 0 bridgehead atoms. The van der Waals surface area contributed by atoms with Gasteiger partial charge in [0.05, 0.1) is 41.7 Å². The predicted octanol–water partition coefficient (Wildman–Crippen LogP) is 6.50. The van der Waals surface area contributed by atoms with Gasteiger partial charge in [-0.3, -0.25) is 29.5 Å². The first-order valence-corrected chi connectivity index (χ1v) is 17.7. The number of hydrazine groups is 1. The minimum Gasteiger partial charge on any atom is -0.504 e. The molecule has 8 rings (SSSR count). The number of phenols is 1. The van der Waals surface area contributed by atoms with E-state index in [-0.39, 0.29) is 29.7 Å². The van der Waals surface area contributed by atoms with Crippen LogP contribution in [0.5, 0.6) is 11.5 Å². The SMILES string of the molecule is COc1ccc([C@H]2C3=CC[C@@H]4C(=O)N(c5ccc(I)cc5)C(=O)[C@@H]4[C@@H]3C[C@H]3C(=O)N(Nc4ccc(C)cc4)C(=O)[C@@]23c2ccccc2)cc1O. The predicted molar refractivity (Wildman–Crippen MR) is 195 cm³/mol. The van der Waals surface area contributed by atoms with Crippen molar-refractivity contribution in [2.24, 2.45) is 23.7 Å². The Bertz CT molecular complexity index is 2080. The maximum Gasteiger partial charge on any atom is 0.260 e. The number of rotatable bonds is 6. The topological polar surface area (TPSA) is 116 Å². The minimum absolute atomic E-state index is 0.107. The van der Waals surface area contributed by atoms with Crippen molar-refractivity contribution < 1.29 is 29.0 Å². The molecule has 4 aliphatic rings. The smallest absolute Gasteiger partial charge is 0.260 e. The van der Waals surface area contributed by atoms with Crippen LogP contribution in [0.25, 0.3) is 0 Å². The van der Waals surface area contributed by atoms with Gasteiger partial charge >= 0.3 is 0 Å². The number of phenolic OH excluding ortho intramolecular Hbond substituents is 1. The molecule has 6 atom stereocenters. The molecule has 2 saturated heterocycles. The van der Waals surface area contributed by atoms with Gasteiger partial charge in [-0.15, -0.1) is 0 Å². The number of hydrogen-bond acceptors (Lipinski definition) is 7. The monoisotopic (exact) mass is 779 g/mol. The van der Waals surface area contributed by atoms with Gasteiger partial charge in [-0.2, -0.15) is 5.01 Å². The highest BCUT2D eigenvalue weighted by atomic mass is 127. The van der Waals surface area contributed by atoms with E-state index in [1.165, 1.54) is 12.0 Å². The van der Waals surface area contributed by atoms with E-state index in [0.717, 1.165) is 19.7 Å². The van der Waals surface area contributed by atoms with Crippen molar-refractivity contribution in [2.75, 3.05) is 17.4 Å². The number of ether oxygens (including phenoxy) is 1. The molecule has 2 N–H and O–H groups in total. The van der Waals surface area contributed by atoms with E-state index in [0.29, 0.717) is 28.9 Å². The zero-order valence-corrected chi connectivity index (χ0v) is 29.5. The van der Waals surface area contributed by atoms with Gasteiger partial charge in [0, 0.05) is 9.49 Å². The Morgan fingerprint density at radius 3 is 2.26 bits per heavy atom. The van der Waals surface area contributed by atoms with Gasteiger partial charge in [0.25, 0.3) is 11.8 Å². The Morgan fingerprint density at radius 2 is 1.58 bits per heavy atom. The number of imide groups is 2. The molecular weight excluding hydrogens is 745 g/mol. The average Bonchev–Trinajstić information content (AvgIpc) is 3.50. The standard InChI is InChI=1S/C40H34IN3O6/c1-22-8-13-26(14-9-22)42-44-37(47)31-21-30-28(17-18-29-34(30)38(48)43(36(29)46)27-15-11-25(41)12-16-27)35(23-10-19-33(50-2)32(45)20-23)40(31,39(44)49)24-6-4-3-5-7-24/h3-17,19-20,29-31,34-35,42,45H,18,21H2,1-2H3/t29-,30+,31-,34-,35-,40+/m0/s1. The number of allylic oxidation sites excluding steroid dienone is 2. The summed E-state index contributed by atoms with van der Waals surface area (Å²) in [7, 11) is 1.46. The molecule has 0 aromatic heterocycles. The van der Waals surface area contributed by atoms with E-state index in [4.69, 9.17) is 4.74 Å². The van der Waals surface area contributed by atoms with E-state index in [1.807, 2.05) is 85.8 Å². The zero-order chi connectivity index (χ0) is 34.9. The summed E-state index contributed by atoms with van der Waals surface area (Å²) < 4.78 is 6.35. The van der Waals surface area contributed by atoms with E-state index < -0.39 is 46.8 Å². The van der Waals surface area contributed by atoms with Gasteiger partial charge < -0.3 is 9.84 Å². The van der Waals surface area contributed by atoms with E-state index in [2.05, 4.69) is 28.0 Å². The fourth-order valence-corrected chi connectivity index (χ4v) is 9.21. The van der Waals surface area contributed by atoms with Crippen LogP contribution in [0, 0.1) is 34.2 Å². The number of benzene rings is 4. The van der Waals surface area contributed by atoms with Gasteiger partial charge in [-0.25, -0.2) is 0 Å². The number of amides is 4. The quantitative estimate of drug-likeness (QED) is 0.130. The summed E-state index contributed by atoms with van der Waals surface area (Å²) in [5, 5.41) is 12.2. The second-order valence-electron chi connectivity index (χ2n) is 13.5. The summed E-state index contributed by atoms with van der Waals surface area (Å²) in [6, 6.07) is 29.1. The van der Waals surface area contributed by atoms with Gasteiger partial charge in [0.15, 0.2) is 11.5 Å². The number of hydrogen-bond donors (Lipinski definition) is 2. The normalized spacial score (nSPS) is 27.1. The lowest BCUT2D eigenvalue weighted by Gasteiger charge is -2.50. The molecule has 2 heterocycles. The zero-order valence-electron chi connectivity index (χ0n) is 27.4. The third-order valence-electron chi connectivity index (χ3n) is 11.0. The van der Waals surface area contributed by atoms with Gasteiger partial charge in [-0.05, 0) is 108 Å². The van der Waals surface area contributed by atoms with Gasteiger partial charge in [0.2, 0.25) is 11.8 Å². The van der Waals surface area contributed by atoms with Crippen LogP contribution in [0.1, 0.15) is 35.4 Å². The number of nitrogens with zero attached hydrogens (tertiary/aromatic N) is 2. The van der Waals surface area contributed by atoms with Gasteiger partial charge in [0.1, 0.15) is 0 Å². The van der Waals surface area contributed by atoms with Crippen molar-refractivity contribution in [3.8, 4) is 11.5 Å². The molecule has 1 saturated carbocycles. The highest BCUT2D eigenvalue weighted by Crippen LogP contribution is 2.64. The van der Waals surface area contributed by atoms with Crippen molar-refractivity contribution in [3.63, 3.8) is 0 Å². The van der Waals surface area contributed by atoms with Crippen molar-refractivity contribution >= 4 is 57.6 Å². The maximum atomic E-state index is 15.2. The van der Waals surface area contributed by atoms with Crippen LogP contribution in [-0.2, 0) is 24.6 Å². The first-order chi connectivity index (χ1) is 24.1. The number of aromatic hydroxyl groups is 1. The molecule has 10 heteroatoms. The molecule has 3 fully saturated rings. The fraction of sp³-hybridized carbons (Fsp3) is 0.250. The molecule has 0 spiro atoms. The summed E-state index contributed by atoms with van der Waals surface area (Å²) >= 11 is 2.18. The van der Waals surface area contributed by atoms with Crippen molar-refractivity contribution in [2.45, 2.75) is 31.1 Å². The third kappa shape index (κ3) is 4.71. The lowest BCUT2D eigenvalue weighted by atomic mass is 9.49. The second kappa shape index (κ2) is 12.1. The van der Waals surface area contributed by atoms with Crippen LogP contribution >= 0.6 is 22.6 Å². The summed E-state index contributed by atoms with van der Waals surface area (Å²) in [6.45, 7) is 1.96. The van der Waals surface area contributed by atoms with Crippen LogP contribution in [0.3, 0.4) is 0 Å². The molecule has 2 aliphatic heterocycles. The fourth-order valence-electron chi connectivity index (χ4n) is 8.85. The molecular formula is C40H34IN3O6. The number of anilines is 2. The number of methoxy groups -OCH3 is 1. The Kier molecular flexibility index (Phi) is 7.81. The van der Waals surface area contributed by atoms with Crippen LogP contribution in [-0.4, -0.2) is 40.9 Å². The number of carbonyl (C=O) groups is 4. The minimum atomic E-state index is -1.42. The van der Waals surface area contributed by atoms with Crippen LogP contribution in [0.4, 0.5) is 11.4 Å². The highest BCUT2D eigenvalue weighted by molar-refractivity contribution is 14.1. The largest absolute Gasteiger partial charge is 0.504 e. The Morgan fingerprint density at radius 1 is 0.860 bits per heavy atom. The number of nitrogens with one attached hydrogen (secondary N) is 1. The van der Waals surface area contributed by atoms with Crippen LogP contribution < -0.4 is 15.1 Å². The molecule has 4 aromatic rings. The lowest BCUT2D eigenvalue weighted by Crippen LogP contribution is -2.53. The highest BCUT2D eigenvalue weighted by Gasteiger charge is 2.70. The summed E-state index contributed by atoms with van der Waals surface area (Å²) in [5.41, 5.74) is 5.91. The molecule has 252 valence electrons. The van der Waals surface area contributed by atoms with Crippen LogP contribution in [0.15, 0.2) is 109 Å². The summed E-state index contributed by atoms with van der Waals surface area (Å²) in [6.07, 6.45) is 2.51. The molecule has 4 amide bonds. The first-order valence-electron chi connectivity index (χ1n) is 16.6. The molecule has 0 radical (unpaired) electrons. The Hall–Kier alpha value is -4.97. The molecule has 0 unspecified atom stereocenters. The third-order valence-corrected chi connectivity index (χ3v) is 11.7. The molecule has 4 aromatic carbocycles. The molecule has 2 aliphatic carbocycles. The molecule has 9 nitrogen and oxygen atoms in total. The number of fused-ring (bicyclic) bond motifs is 4. The second-order valence-corrected chi connectivity index (χ2v) is 14.8. The van der Waals surface area contributed by atoms with E-state index in [1.54, 1.807) is 24.3 Å². The number of halogens is 1. The summed E-state index contributed by atoms with van der Waals surface area (Å²) in [4.78, 5) is 59.7. The first kappa shape index (κ1) is 32.2. The van der Waals surface area contributed by atoms with E-state index in [9.17, 15) is 19.5 Å². The van der Waals surface area contributed by atoms with Crippen molar-refractivity contribution in [1.82, 2.24) is 5.01 Å². The Labute approximate surface area is 303 Å². The number of aryl methyl sites for hydroxylation is 1. The van der Waals surface area contributed by atoms with Crippen LogP contribution in [0.2, 0.25) is 0 Å². The number of carbonyl (C=O) groups excluding carboxylic acids is 4. The lowest BCUT2D eigenvalue weighted by molar-refractivity contribution is -0.138. The van der Waals surface area contributed by atoms with Crippen molar-refractivity contribution in [1.29, 1.82) is 0 Å². The average molecular weight is 780 g/mol. The van der Waals surface area contributed by atoms with Crippen molar-refractivity contribution in [3.05, 3.63) is 129 Å². The van der Waals surface area contributed by atoms with Gasteiger partial charge in [-0.1, -0.05) is 65.7 Å². The summed E-state index contributed by atoms with van der Waals surface area (Å²) in [5.74, 6) is -4.68. The molecule has 50 heavy (non-hydrogen) atoms. The Balaban J connectivity index is 1.32. The maximum absolute atomic E-state index is 15.2. The van der Waals surface area contributed by atoms with E-state index >= 15 is 4.79 Å².